The third-order valence-corrected chi connectivity index (χ3v) is 3.87. The molecule has 20 heavy (non-hydrogen) atoms. The highest BCUT2D eigenvalue weighted by atomic mass is 79.9. The zero-order valence-corrected chi connectivity index (χ0v) is 12.5. The van der Waals surface area contributed by atoms with E-state index < -0.39 is 27.2 Å². The minimum absolute atomic E-state index is 0.209. The molecule has 8 heteroatoms. The van der Waals surface area contributed by atoms with Crippen molar-refractivity contribution < 1.29 is 21.9 Å². The maximum Gasteiger partial charge on any atom is 0.238 e. The molecule has 2 rings (SSSR count). The largest absolute Gasteiger partial charge is 0.434 e. The highest BCUT2D eigenvalue weighted by Crippen LogP contribution is 2.31. The molecule has 0 unspecified atom stereocenters. The van der Waals surface area contributed by atoms with Crippen LogP contribution in [0.4, 0.5) is 8.78 Å². The predicted octanol–water partition coefficient (Wildman–Crippen LogP) is 3.32. The molecular weight excluding hydrogens is 356 g/mol. The Bertz CT molecular complexity index is 765. The van der Waals surface area contributed by atoms with Crippen molar-refractivity contribution in [1.82, 2.24) is 4.98 Å². The minimum atomic E-state index is -3.60. The number of sulfone groups is 1. The minimum Gasteiger partial charge on any atom is -0.434 e. The first-order chi connectivity index (χ1) is 9.29. The molecule has 0 radical (unpaired) electrons. The summed E-state index contributed by atoms with van der Waals surface area (Å²) in [6, 6.07) is 4.78. The zero-order valence-electron chi connectivity index (χ0n) is 10.1. The summed E-state index contributed by atoms with van der Waals surface area (Å²) in [4.78, 5) is 3.53. The van der Waals surface area contributed by atoms with Gasteiger partial charge in [-0.2, -0.15) is 4.39 Å². The van der Waals surface area contributed by atoms with E-state index in [4.69, 9.17) is 4.74 Å². The Hall–Kier alpha value is -1.54. The van der Waals surface area contributed by atoms with Gasteiger partial charge in [-0.25, -0.2) is 17.8 Å². The first kappa shape index (κ1) is 14.9. The van der Waals surface area contributed by atoms with Crippen molar-refractivity contribution >= 4 is 25.8 Å². The van der Waals surface area contributed by atoms with Gasteiger partial charge in [0, 0.05) is 16.9 Å². The molecule has 0 bridgehead atoms. The Labute approximate surface area is 122 Å². The zero-order chi connectivity index (χ0) is 14.9. The topological polar surface area (TPSA) is 56.3 Å². The molecule has 1 aromatic heterocycles. The standard InChI is InChI=1S/C12H8BrF2NO3S/c1-20(17,18)10-3-2-4-16-12(10)19-9-6-7(13)5-8(14)11(9)15/h2-6H,1H3. The molecule has 0 saturated heterocycles. The molecule has 1 heterocycles. The van der Waals surface area contributed by atoms with Crippen LogP contribution in [0.15, 0.2) is 39.8 Å². The molecule has 0 atom stereocenters. The van der Waals surface area contributed by atoms with Crippen molar-refractivity contribution in [1.29, 1.82) is 0 Å². The molecule has 4 nitrogen and oxygen atoms in total. The lowest BCUT2D eigenvalue weighted by Crippen LogP contribution is -2.03. The van der Waals surface area contributed by atoms with Crippen LogP contribution in [0.25, 0.3) is 0 Å². The molecule has 0 amide bonds. The molecule has 0 N–H and O–H groups in total. The molecule has 2 aromatic rings. The van der Waals surface area contributed by atoms with Gasteiger partial charge in [-0.3, -0.25) is 0 Å². The predicted molar refractivity (Wildman–Crippen MR) is 71.5 cm³/mol. The molecule has 106 valence electrons. The van der Waals surface area contributed by atoms with E-state index in [0.29, 0.717) is 0 Å². The fourth-order valence-corrected chi connectivity index (χ4v) is 2.59. The summed E-state index contributed by atoms with van der Waals surface area (Å²) < 4.78 is 55.3. The lowest BCUT2D eigenvalue weighted by Gasteiger charge is -2.09. The van der Waals surface area contributed by atoms with Crippen molar-refractivity contribution in [2.75, 3.05) is 6.26 Å². The van der Waals surface area contributed by atoms with Crippen LogP contribution in [-0.2, 0) is 9.84 Å². The van der Waals surface area contributed by atoms with Crippen LogP contribution in [0.3, 0.4) is 0 Å². The van der Waals surface area contributed by atoms with Crippen molar-refractivity contribution in [3.63, 3.8) is 0 Å². The second kappa shape index (κ2) is 5.45. The molecular formula is C12H8BrF2NO3S. The third kappa shape index (κ3) is 3.13. The highest BCUT2D eigenvalue weighted by molar-refractivity contribution is 9.10. The van der Waals surface area contributed by atoms with Gasteiger partial charge >= 0.3 is 0 Å². The molecule has 0 aliphatic heterocycles. The van der Waals surface area contributed by atoms with E-state index in [-0.39, 0.29) is 15.2 Å². The molecule has 1 aromatic carbocycles. The smallest absolute Gasteiger partial charge is 0.238 e. The Balaban J connectivity index is 2.52. The lowest BCUT2D eigenvalue weighted by molar-refractivity contribution is 0.396. The van der Waals surface area contributed by atoms with E-state index in [2.05, 4.69) is 20.9 Å². The summed E-state index contributed by atoms with van der Waals surface area (Å²) in [7, 11) is -3.60. The van der Waals surface area contributed by atoms with Gasteiger partial charge in [-0.15, -0.1) is 0 Å². The Kier molecular flexibility index (Phi) is 4.05. The van der Waals surface area contributed by atoms with Crippen LogP contribution >= 0.6 is 15.9 Å². The molecule has 0 aliphatic rings. The molecule has 0 aliphatic carbocycles. The number of ether oxygens (including phenoxy) is 1. The van der Waals surface area contributed by atoms with E-state index >= 15 is 0 Å². The summed E-state index contributed by atoms with van der Waals surface area (Å²) in [5.41, 5.74) is 0. The lowest BCUT2D eigenvalue weighted by atomic mass is 10.3. The SMILES string of the molecule is CS(=O)(=O)c1cccnc1Oc1cc(Br)cc(F)c1F. The first-order valence-corrected chi connectivity index (χ1v) is 7.95. The Morgan fingerprint density at radius 2 is 2.00 bits per heavy atom. The van der Waals surface area contributed by atoms with Crippen LogP contribution in [0, 0.1) is 11.6 Å². The maximum absolute atomic E-state index is 13.6. The second-order valence-corrected chi connectivity index (χ2v) is 6.78. The average Bonchev–Trinajstić information content (AvgIpc) is 2.34. The number of halogens is 3. The maximum atomic E-state index is 13.6. The molecule has 0 fully saturated rings. The van der Waals surface area contributed by atoms with Crippen molar-refractivity contribution in [2.24, 2.45) is 0 Å². The number of hydrogen-bond acceptors (Lipinski definition) is 4. The van der Waals surface area contributed by atoms with Gasteiger partial charge in [0.05, 0.1) is 0 Å². The first-order valence-electron chi connectivity index (χ1n) is 5.26. The summed E-state index contributed by atoms with van der Waals surface area (Å²) in [6.45, 7) is 0. The number of benzene rings is 1. The van der Waals surface area contributed by atoms with Gasteiger partial charge in [-0.05, 0) is 24.3 Å². The van der Waals surface area contributed by atoms with Crippen LogP contribution in [0.5, 0.6) is 11.6 Å². The van der Waals surface area contributed by atoms with E-state index in [1.165, 1.54) is 24.4 Å². The van der Waals surface area contributed by atoms with Gasteiger partial charge in [0.1, 0.15) is 4.90 Å². The van der Waals surface area contributed by atoms with Gasteiger partial charge in [0.25, 0.3) is 0 Å². The van der Waals surface area contributed by atoms with Crippen LogP contribution in [0.2, 0.25) is 0 Å². The molecule has 0 saturated carbocycles. The fourth-order valence-electron chi connectivity index (χ4n) is 1.45. The normalized spacial score (nSPS) is 11.4. The number of hydrogen-bond donors (Lipinski definition) is 0. The number of pyridine rings is 1. The Morgan fingerprint density at radius 1 is 1.30 bits per heavy atom. The fraction of sp³-hybridized carbons (Fsp3) is 0.0833. The average molecular weight is 364 g/mol. The highest BCUT2D eigenvalue weighted by Gasteiger charge is 2.19. The number of aromatic nitrogens is 1. The quantitative estimate of drug-likeness (QED) is 0.785. The van der Waals surface area contributed by atoms with Gasteiger partial charge in [-0.1, -0.05) is 15.9 Å². The van der Waals surface area contributed by atoms with Gasteiger partial charge in [0.2, 0.25) is 11.7 Å². The van der Waals surface area contributed by atoms with E-state index in [9.17, 15) is 17.2 Å². The van der Waals surface area contributed by atoms with Crippen molar-refractivity contribution in [3.05, 3.63) is 46.6 Å². The van der Waals surface area contributed by atoms with Crippen LogP contribution in [0.1, 0.15) is 0 Å². The summed E-state index contributed by atoms with van der Waals surface area (Å²) in [5.74, 6) is -3.11. The van der Waals surface area contributed by atoms with Crippen LogP contribution < -0.4 is 4.74 Å². The third-order valence-electron chi connectivity index (χ3n) is 2.30. The van der Waals surface area contributed by atoms with Crippen molar-refractivity contribution in [3.8, 4) is 11.6 Å². The summed E-state index contributed by atoms with van der Waals surface area (Å²) in [6.07, 6.45) is 2.25. The number of rotatable bonds is 3. The summed E-state index contributed by atoms with van der Waals surface area (Å²) >= 11 is 2.99. The van der Waals surface area contributed by atoms with E-state index in [1.54, 1.807) is 0 Å². The van der Waals surface area contributed by atoms with E-state index in [1.807, 2.05) is 0 Å². The monoisotopic (exact) mass is 363 g/mol. The van der Waals surface area contributed by atoms with E-state index in [0.717, 1.165) is 12.3 Å². The second-order valence-electron chi connectivity index (χ2n) is 3.88. The summed E-state index contributed by atoms with van der Waals surface area (Å²) in [5, 5.41) is 0. The molecule has 0 spiro atoms. The Morgan fingerprint density at radius 3 is 2.65 bits per heavy atom. The number of nitrogens with zero attached hydrogens (tertiary/aromatic N) is 1. The van der Waals surface area contributed by atoms with Crippen molar-refractivity contribution in [2.45, 2.75) is 4.90 Å². The van der Waals surface area contributed by atoms with Crippen LogP contribution in [-0.4, -0.2) is 19.7 Å². The van der Waals surface area contributed by atoms with Gasteiger partial charge in [0.15, 0.2) is 21.4 Å². The van der Waals surface area contributed by atoms with Gasteiger partial charge < -0.3 is 4.74 Å².